The van der Waals surface area contributed by atoms with Crippen molar-refractivity contribution < 1.29 is 14.3 Å². The number of ketones is 1. The fourth-order valence-electron chi connectivity index (χ4n) is 2.72. The van der Waals surface area contributed by atoms with Gasteiger partial charge in [-0.15, -0.1) is 0 Å². The van der Waals surface area contributed by atoms with Crippen LogP contribution < -0.4 is 9.47 Å². The number of hydrogen-bond donors (Lipinski definition) is 0. The van der Waals surface area contributed by atoms with Crippen molar-refractivity contribution in [1.82, 2.24) is 0 Å². The maximum atomic E-state index is 12.5. The van der Waals surface area contributed by atoms with E-state index in [0.717, 1.165) is 22.1 Å². The highest BCUT2D eigenvalue weighted by Crippen LogP contribution is 2.32. The largest absolute Gasteiger partial charge is 0.454 e. The van der Waals surface area contributed by atoms with Crippen LogP contribution in [0.15, 0.2) is 66.7 Å². The molecule has 0 saturated heterocycles. The Morgan fingerprint density at radius 2 is 1.74 bits per heavy atom. The van der Waals surface area contributed by atoms with Gasteiger partial charge in [-0.1, -0.05) is 54.6 Å². The van der Waals surface area contributed by atoms with Crippen LogP contribution in [-0.4, -0.2) is 12.6 Å². The minimum atomic E-state index is -0.0144. The van der Waals surface area contributed by atoms with Crippen molar-refractivity contribution in [2.24, 2.45) is 0 Å². The average molecular weight is 302 g/mol. The molecule has 0 aromatic heterocycles. The van der Waals surface area contributed by atoms with Crippen LogP contribution in [0.25, 0.3) is 16.8 Å². The molecule has 23 heavy (non-hydrogen) atoms. The standard InChI is InChI=1S/C20H14O3/c21-18(17-7-3-5-15-4-1-2-6-16(15)17)10-8-14-9-11-19-20(12-14)23-13-22-19/h1-12H,13H2. The number of hydrogen-bond acceptors (Lipinski definition) is 3. The van der Waals surface area contributed by atoms with E-state index in [9.17, 15) is 4.79 Å². The average Bonchev–Trinajstić information content (AvgIpc) is 3.07. The van der Waals surface area contributed by atoms with Crippen LogP contribution in [0, 0.1) is 0 Å². The molecule has 0 bridgehead atoms. The van der Waals surface area contributed by atoms with Gasteiger partial charge in [-0.2, -0.15) is 0 Å². The molecule has 0 atom stereocenters. The number of fused-ring (bicyclic) bond motifs is 2. The van der Waals surface area contributed by atoms with Crippen LogP contribution in [0.3, 0.4) is 0 Å². The van der Waals surface area contributed by atoms with E-state index in [2.05, 4.69) is 0 Å². The van der Waals surface area contributed by atoms with Crippen LogP contribution in [0.1, 0.15) is 15.9 Å². The lowest BCUT2D eigenvalue weighted by Gasteiger charge is -2.03. The summed E-state index contributed by atoms with van der Waals surface area (Å²) in [5.41, 5.74) is 1.61. The summed E-state index contributed by atoms with van der Waals surface area (Å²) in [4.78, 5) is 12.5. The van der Waals surface area contributed by atoms with Gasteiger partial charge in [0.25, 0.3) is 0 Å². The third-order valence-electron chi connectivity index (χ3n) is 3.88. The fraction of sp³-hybridized carbons (Fsp3) is 0.0500. The van der Waals surface area contributed by atoms with Gasteiger partial charge in [0.05, 0.1) is 0 Å². The Morgan fingerprint density at radius 3 is 2.70 bits per heavy atom. The third kappa shape index (κ3) is 2.57. The maximum Gasteiger partial charge on any atom is 0.231 e. The van der Waals surface area contributed by atoms with Crippen molar-refractivity contribution in [3.05, 3.63) is 77.9 Å². The van der Waals surface area contributed by atoms with Gasteiger partial charge >= 0.3 is 0 Å². The lowest BCUT2D eigenvalue weighted by atomic mass is 10.0. The van der Waals surface area contributed by atoms with Crippen LogP contribution in [-0.2, 0) is 0 Å². The van der Waals surface area contributed by atoms with Gasteiger partial charge in [0, 0.05) is 5.56 Å². The molecular formula is C20H14O3. The first-order chi connectivity index (χ1) is 11.3. The van der Waals surface area contributed by atoms with Crippen molar-refractivity contribution in [2.75, 3.05) is 6.79 Å². The number of ether oxygens (including phenoxy) is 2. The number of benzene rings is 3. The van der Waals surface area contributed by atoms with Gasteiger partial charge in [0.2, 0.25) is 6.79 Å². The molecule has 0 saturated carbocycles. The molecule has 3 nitrogen and oxygen atoms in total. The summed E-state index contributed by atoms with van der Waals surface area (Å²) >= 11 is 0. The van der Waals surface area contributed by atoms with Crippen LogP contribution in [0.2, 0.25) is 0 Å². The molecule has 112 valence electrons. The predicted molar refractivity (Wildman–Crippen MR) is 89.9 cm³/mol. The SMILES string of the molecule is O=C(C=Cc1ccc2c(c1)OCO2)c1cccc2ccccc12. The van der Waals surface area contributed by atoms with Gasteiger partial charge in [-0.05, 0) is 34.5 Å². The molecule has 0 fully saturated rings. The van der Waals surface area contributed by atoms with Crippen LogP contribution in [0.5, 0.6) is 11.5 Å². The Hall–Kier alpha value is -3.07. The van der Waals surface area contributed by atoms with Crippen LogP contribution >= 0.6 is 0 Å². The molecule has 4 rings (SSSR count). The summed E-state index contributed by atoms with van der Waals surface area (Å²) in [6.45, 7) is 0.247. The Kier molecular flexibility index (Phi) is 3.31. The van der Waals surface area contributed by atoms with Gasteiger partial charge < -0.3 is 9.47 Å². The van der Waals surface area contributed by atoms with E-state index < -0.39 is 0 Å². The normalized spacial score (nSPS) is 12.9. The lowest BCUT2D eigenvalue weighted by molar-refractivity contribution is 0.104. The zero-order valence-corrected chi connectivity index (χ0v) is 12.4. The van der Waals surface area contributed by atoms with E-state index in [0.29, 0.717) is 11.3 Å². The molecule has 0 spiro atoms. The van der Waals surface area contributed by atoms with E-state index in [4.69, 9.17) is 9.47 Å². The van der Waals surface area contributed by atoms with Crippen LogP contribution in [0.4, 0.5) is 0 Å². The summed E-state index contributed by atoms with van der Waals surface area (Å²) < 4.78 is 10.6. The third-order valence-corrected chi connectivity index (χ3v) is 3.88. The summed E-state index contributed by atoms with van der Waals surface area (Å²) in [6, 6.07) is 19.3. The first kappa shape index (κ1) is 13.6. The first-order valence-corrected chi connectivity index (χ1v) is 7.41. The molecule has 3 heteroatoms. The molecule has 1 aliphatic rings. The predicted octanol–water partition coefficient (Wildman–Crippen LogP) is 4.46. The smallest absolute Gasteiger partial charge is 0.231 e. The monoisotopic (exact) mass is 302 g/mol. The molecule has 1 aliphatic heterocycles. The van der Waals surface area contributed by atoms with Crippen molar-refractivity contribution in [1.29, 1.82) is 0 Å². The number of carbonyl (C=O) groups is 1. The maximum absolute atomic E-state index is 12.5. The highest BCUT2D eigenvalue weighted by atomic mass is 16.7. The molecule has 0 amide bonds. The molecule has 3 aromatic rings. The first-order valence-electron chi connectivity index (χ1n) is 7.41. The molecule has 1 heterocycles. The van der Waals surface area contributed by atoms with Crippen molar-refractivity contribution in [3.8, 4) is 11.5 Å². The molecule has 0 radical (unpaired) electrons. The number of allylic oxidation sites excluding steroid dienone is 1. The summed E-state index contributed by atoms with van der Waals surface area (Å²) in [5.74, 6) is 1.44. The summed E-state index contributed by atoms with van der Waals surface area (Å²) in [6.07, 6.45) is 3.39. The number of rotatable bonds is 3. The van der Waals surface area contributed by atoms with Gasteiger partial charge in [0.1, 0.15) is 0 Å². The molecule has 0 unspecified atom stereocenters. The van der Waals surface area contributed by atoms with Crippen molar-refractivity contribution in [3.63, 3.8) is 0 Å². The second-order valence-corrected chi connectivity index (χ2v) is 5.34. The van der Waals surface area contributed by atoms with Gasteiger partial charge in [-0.3, -0.25) is 4.79 Å². The molecule has 3 aromatic carbocycles. The van der Waals surface area contributed by atoms with Gasteiger partial charge in [0.15, 0.2) is 17.3 Å². The Bertz CT molecular complexity index is 920. The minimum absolute atomic E-state index is 0.0144. The Balaban J connectivity index is 1.64. The minimum Gasteiger partial charge on any atom is -0.454 e. The Labute approximate surface area is 133 Å². The van der Waals surface area contributed by atoms with E-state index in [-0.39, 0.29) is 12.6 Å². The topological polar surface area (TPSA) is 35.5 Å². The summed E-state index contributed by atoms with van der Waals surface area (Å²) in [7, 11) is 0. The second kappa shape index (κ2) is 5.61. The van der Waals surface area contributed by atoms with E-state index in [1.54, 1.807) is 12.2 Å². The van der Waals surface area contributed by atoms with Crippen molar-refractivity contribution in [2.45, 2.75) is 0 Å². The van der Waals surface area contributed by atoms with E-state index in [1.165, 1.54) is 0 Å². The van der Waals surface area contributed by atoms with Crippen molar-refractivity contribution >= 4 is 22.6 Å². The van der Waals surface area contributed by atoms with E-state index >= 15 is 0 Å². The Morgan fingerprint density at radius 1 is 0.913 bits per heavy atom. The molecule has 0 N–H and O–H groups in total. The molecule has 0 aliphatic carbocycles. The zero-order chi connectivity index (χ0) is 15.6. The highest BCUT2D eigenvalue weighted by Gasteiger charge is 2.12. The quantitative estimate of drug-likeness (QED) is 0.529. The lowest BCUT2D eigenvalue weighted by Crippen LogP contribution is -1.95. The van der Waals surface area contributed by atoms with Gasteiger partial charge in [-0.25, -0.2) is 0 Å². The summed E-state index contributed by atoms with van der Waals surface area (Å²) in [5, 5.41) is 2.03. The number of carbonyl (C=O) groups excluding carboxylic acids is 1. The van der Waals surface area contributed by atoms with E-state index in [1.807, 2.05) is 60.7 Å². The fourth-order valence-corrected chi connectivity index (χ4v) is 2.72. The second-order valence-electron chi connectivity index (χ2n) is 5.34. The zero-order valence-electron chi connectivity index (χ0n) is 12.4. The highest BCUT2D eigenvalue weighted by molar-refractivity contribution is 6.14. The molecular weight excluding hydrogens is 288 g/mol.